The molecule has 7 heteroatoms. The molecule has 1 saturated heterocycles. The van der Waals surface area contributed by atoms with Crippen molar-refractivity contribution >= 4 is 23.1 Å². The summed E-state index contributed by atoms with van der Waals surface area (Å²) in [6, 6.07) is 7.67. The average molecular weight is 573 g/mol. The van der Waals surface area contributed by atoms with Crippen LogP contribution in [-0.2, 0) is 4.74 Å². The summed E-state index contributed by atoms with van der Waals surface area (Å²) in [5, 5.41) is 9.54. The number of piperidine rings is 1. The van der Waals surface area contributed by atoms with Crippen LogP contribution in [0.3, 0.4) is 0 Å². The van der Waals surface area contributed by atoms with Gasteiger partial charge in [-0.1, -0.05) is 39.2 Å². The van der Waals surface area contributed by atoms with Crippen LogP contribution in [0, 0.1) is 17.8 Å². The molecular weight excluding hydrogens is 520 g/mol. The number of aliphatic imine (C=N–C) groups is 1. The summed E-state index contributed by atoms with van der Waals surface area (Å²) in [6.07, 6.45) is 20.3. The second-order valence-corrected chi connectivity index (χ2v) is 13.4. The number of rotatable bonds is 12. The van der Waals surface area contributed by atoms with E-state index in [1.165, 1.54) is 85.4 Å². The third-order valence-electron chi connectivity index (χ3n) is 10.5. The van der Waals surface area contributed by atoms with Gasteiger partial charge in [-0.25, -0.2) is 4.99 Å². The maximum atomic E-state index is 5.81. The normalized spacial score (nSPS) is 23.9. The summed E-state index contributed by atoms with van der Waals surface area (Å²) >= 11 is 0. The van der Waals surface area contributed by atoms with Crippen molar-refractivity contribution in [2.24, 2.45) is 22.7 Å². The highest BCUT2D eigenvalue weighted by Gasteiger charge is 2.32. The van der Waals surface area contributed by atoms with Crippen LogP contribution in [0.5, 0.6) is 0 Å². The molecule has 7 nitrogen and oxygen atoms in total. The highest BCUT2D eigenvalue weighted by Crippen LogP contribution is 2.45. The van der Waals surface area contributed by atoms with Gasteiger partial charge in [-0.05, 0) is 99.9 Å². The average Bonchev–Trinajstić information content (AvgIpc) is 3.66. The molecule has 2 unspecified atom stereocenters. The molecule has 3 aliphatic rings. The number of aromatic amines is 1. The number of nitrogens with one attached hydrogen (secondary N) is 2. The lowest BCUT2D eigenvalue weighted by atomic mass is 9.73. The Morgan fingerprint density at radius 1 is 1.02 bits per heavy atom. The summed E-state index contributed by atoms with van der Waals surface area (Å²) in [5.74, 6) is 3.43. The standard InChI is InChI=1S/C35H52N6O/c1-4-5-18-42-19-6-7-26-8-10-27(11-9-26)25(2)20-33-34-31-21-28(12-13-32(31)39-35(34)37-24-40(33)3)29-22-38-41(23-29)30-14-16-36-17-15-30/h12-13,21-27,30,33,36,39H,4-11,14-20H2,1-3H3. The first-order valence-electron chi connectivity index (χ1n) is 16.9. The van der Waals surface area contributed by atoms with Crippen LogP contribution in [0.4, 0.5) is 5.82 Å². The van der Waals surface area contributed by atoms with Gasteiger partial charge in [0.1, 0.15) is 5.82 Å². The van der Waals surface area contributed by atoms with Crippen LogP contribution in [0.1, 0.15) is 102 Å². The van der Waals surface area contributed by atoms with E-state index in [1.54, 1.807) is 0 Å². The molecule has 2 N–H and O–H groups in total. The number of hydrogen-bond donors (Lipinski definition) is 2. The van der Waals surface area contributed by atoms with Gasteiger partial charge in [0.05, 0.1) is 24.6 Å². The Bertz CT molecular complexity index is 1310. The Kier molecular flexibility index (Phi) is 9.65. The molecule has 2 aromatic heterocycles. The second kappa shape index (κ2) is 13.8. The van der Waals surface area contributed by atoms with Crippen molar-refractivity contribution in [3.8, 4) is 11.1 Å². The maximum absolute atomic E-state index is 5.81. The van der Waals surface area contributed by atoms with Crippen LogP contribution >= 0.6 is 0 Å². The minimum atomic E-state index is 0.340. The number of ether oxygens (including phenoxy) is 1. The molecule has 1 aliphatic carbocycles. The molecule has 4 heterocycles. The number of fused-ring (bicyclic) bond motifs is 3. The van der Waals surface area contributed by atoms with E-state index in [4.69, 9.17) is 14.8 Å². The van der Waals surface area contributed by atoms with E-state index >= 15 is 0 Å². The third-order valence-corrected chi connectivity index (χ3v) is 10.5. The van der Waals surface area contributed by atoms with E-state index in [-0.39, 0.29) is 0 Å². The van der Waals surface area contributed by atoms with Gasteiger partial charge in [0.2, 0.25) is 0 Å². The van der Waals surface area contributed by atoms with Gasteiger partial charge in [0.15, 0.2) is 0 Å². The fourth-order valence-corrected chi connectivity index (χ4v) is 7.71. The molecular formula is C35H52N6O. The molecule has 42 heavy (non-hydrogen) atoms. The van der Waals surface area contributed by atoms with Gasteiger partial charge in [-0.2, -0.15) is 5.10 Å². The topological polar surface area (TPSA) is 70.5 Å². The van der Waals surface area contributed by atoms with Crippen LogP contribution in [-0.4, -0.2) is 59.4 Å². The molecule has 2 fully saturated rings. The Hall–Kier alpha value is -2.64. The Balaban J connectivity index is 1.11. The predicted octanol–water partition coefficient (Wildman–Crippen LogP) is 8.03. The Morgan fingerprint density at radius 3 is 2.64 bits per heavy atom. The van der Waals surface area contributed by atoms with Crippen molar-refractivity contribution in [2.45, 2.75) is 96.6 Å². The van der Waals surface area contributed by atoms with Gasteiger partial charge in [0.25, 0.3) is 0 Å². The molecule has 2 aliphatic heterocycles. The number of unbranched alkanes of at least 4 members (excludes halogenated alkanes) is 1. The molecule has 1 saturated carbocycles. The van der Waals surface area contributed by atoms with Crippen molar-refractivity contribution < 1.29 is 4.74 Å². The van der Waals surface area contributed by atoms with Crippen molar-refractivity contribution in [1.82, 2.24) is 25.0 Å². The van der Waals surface area contributed by atoms with Crippen LogP contribution in [0.2, 0.25) is 0 Å². The molecule has 2 atom stereocenters. The van der Waals surface area contributed by atoms with Gasteiger partial charge < -0.3 is 19.9 Å². The summed E-state index contributed by atoms with van der Waals surface area (Å²) in [5.41, 5.74) is 4.99. The summed E-state index contributed by atoms with van der Waals surface area (Å²) in [6.45, 7) is 8.76. The lowest BCUT2D eigenvalue weighted by Crippen LogP contribution is -2.29. The monoisotopic (exact) mass is 572 g/mol. The predicted molar refractivity (Wildman–Crippen MR) is 174 cm³/mol. The summed E-state index contributed by atoms with van der Waals surface area (Å²) in [4.78, 5) is 10.8. The Morgan fingerprint density at radius 2 is 1.83 bits per heavy atom. The lowest BCUT2D eigenvalue weighted by Gasteiger charge is -2.37. The highest BCUT2D eigenvalue weighted by molar-refractivity contribution is 5.93. The highest BCUT2D eigenvalue weighted by atomic mass is 16.5. The number of benzene rings is 1. The van der Waals surface area contributed by atoms with Gasteiger partial charge in [-0.3, -0.25) is 4.68 Å². The molecule has 6 rings (SSSR count). The minimum Gasteiger partial charge on any atom is -0.381 e. The van der Waals surface area contributed by atoms with E-state index in [2.05, 4.69) is 65.2 Å². The van der Waals surface area contributed by atoms with E-state index in [9.17, 15) is 0 Å². The quantitative estimate of drug-likeness (QED) is 0.216. The number of nitrogens with zero attached hydrogens (tertiary/aromatic N) is 4. The zero-order valence-corrected chi connectivity index (χ0v) is 26.2. The van der Waals surface area contributed by atoms with Gasteiger partial charge in [0, 0.05) is 48.5 Å². The van der Waals surface area contributed by atoms with Gasteiger partial charge >= 0.3 is 0 Å². The molecule has 3 aromatic rings. The third kappa shape index (κ3) is 6.62. The second-order valence-electron chi connectivity index (χ2n) is 13.4. The number of hydrogen-bond acceptors (Lipinski definition) is 5. The summed E-state index contributed by atoms with van der Waals surface area (Å²) in [7, 11) is 2.20. The van der Waals surface area contributed by atoms with Crippen LogP contribution in [0.25, 0.3) is 22.0 Å². The minimum absolute atomic E-state index is 0.340. The first kappa shape index (κ1) is 29.4. The Labute approximate surface area is 252 Å². The van der Waals surface area contributed by atoms with Crippen molar-refractivity contribution in [3.63, 3.8) is 0 Å². The lowest BCUT2D eigenvalue weighted by molar-refractivity contribution is 0.117. The zero-order valence-electron chi connectivity index (χ0n) is 26.2. The van der Waals surface area contributed by atoms with Crippen LogP contribution in [0.15, 0.2) is 35.6 Å². The van der Waals surface area contributed by atoms with Gasteiger partial charge in [-0.15, -0.1) is 0 Å². The first-order valence-corrected chi connectivity index (χ1v) is 16.9. The smallest absolute Gasteiger partial charge is 0.138 e. The maximum Gasteiger partial charge on any atom is 0.138 e. The molecule has 228 valence electrons. The number of aromatic nitrogens is 3. The molecule has 0 amide bonds. The largest absolute Gasteiger partial charge is 0.381 e. The fourth-order valence-electron chi connectivity index (χ4n) is 7.71. The SMILES string of the molecule is CCCCOCCCC1CCC(C(C)CC2c3c([nH]c4ccc(-c5cnn(C6CCNCC6)c5)cc34)N=CN2C)CC1. The molecule has 0 spiro atoms. The van der Waals surface area contributed by atoms with Crippen molar-refractivity contribution in [2.75, 3.05) is 33.4 Å². The fraction of sp³-hybridized carbons (Fsp3) is 0.657. The molecule has 1 aromatic carbocycles. The summed E-state index contributed by atoms with van der Waals surface area (Å²) < 4.78 is 7.99. The number of H-pyrrole nitrogens is 1. The van der Waals surface area contributed by atoms with E-state index in [0.717, 1.165) is 56.8 Å². The van der Waals surface area contributed by atoms with Crippen molar-refractivity contribution in [3.05, 3.63) is 36.2 Å². The van der Waals surface area contributed by atoms with Crippen LogP contribution < -0.4 is 5.32 Å². The molecule has 0 radical (unpaired) electrons. The first-order chi connectivity index (χ1) is 20.6. The van der Waals surface area contributed by atoms with E-state index < -0.39 is 0 Å². The molecule has 0 bridgehead atoms. The zero-order chi connectivity index (χ0) is 28.9. The van der Waals surface area contributed by atoms with E-state index in [1.807, 2.05) is 12.5 Å². The van der Waals surface area contributed by atoms with Crippen molar-refractivity contribution in [1.29, 1.82) is 0 Å². The van der Waals surface area contributed by atoms with E-state index in [0.29, 0.717) is 18.0 Å².